The normalized spacial score (nSPS) is 12.4. The van der Waals surface area contributed by atoms with E-state index in [-0.39, 0.29) is 14.9 Å². The van der Waals surface area contributed by atoms with Crippen LogP contribution in [0.4, 0.5) is 18.9 Å². The van der Waals surface area contributed by atoms with Gasteiger partial charge in [-0.05, 0) is 24.3 Å². The van der Waals surface area contributed by atoms with E-state index in [1.807, 2.05) is 0 Å². The molecule has 0 saturated carbocycles. The van der Waals surface area contributed by atoms with Crippen LogP contribution in [-0.4, -0.2) is 24.8 Å². The summed E-state index contributed by atoms with van der Waals surface area (Å²) in [6, 6.07) is 9.80. The fourth-order valence-electron chi connectivity index (χ4n) is 1.90. The van der Waals surface area contributed by atoms with Gasteiger partial charge in [-0.25, -0.2) is 4.99 Å². The van der Waals surface area contributed by atoms with Crippen LogP contribution in [0.1, 0.15) is 5.56 Å². The van der Waals surface area contributed by atoms with Crippen LogP contribution < -0.4 is 5.32 Å². The minimum absolute atomic E-state index is 0.145. The molecule has 2 rings (SSSR count). The third kappa shape index (κ3) is 5.99. The Kier molecular flexibility index (Phi) is 6.91. The maximum absolute atomic E-state index is 12.4. The number of nitrogens with one attached hydrogen (secondary N) is 1. The summed E-state index contributed by atoms with van der Waals surface area (Å²) < 4.78 is 37.3. The van der Waals surface area contributed by atoms with Crippen molar-refractivity contribution in [2.45, 2.75) is 11.1 Å². The first kappa shape index (κ1) is 20.2. The van der Waals surface area contributed by atoms with Crippen LogP contribution in [0.5, 0.6) is 0 Å². The smallest absolute Gasteiger partial charge is 0.373 e. The van der Waals surface area contributed by atoms with Crippen molar-refractivity contribution in [2.24, 2.45) is 4.99 Å². The average Bonchev–Trinajstić information content (AvgIpc) is 2.52. The zero-order chi connectivity index (χ0) is 18.6. The molecule has 0 fully saturated rings. The Morgan fingerprint density at radius 2 is 1.84 bits per heavy atom. The SMILES string of the molecule is CN/C(=N\c1cc(SCC(F)(F)F)c(Cl)cc1Cl)c1cccc(Cl)c1. The number of hydrogen-bond acceptors (Lipinski definition) is 2. The number of halogens is 6. The molecule has 0 heterocycles. The molecule has 0 saturated heterocycles. The maximum Gasteiger partial charge on any atom is 0.398 e. The third-order valence-corrected chi connectivity index (χ3v) is 5.04. The van der Waals surface area contributed by atoms with Gasteiger partial charge in [-0.15, -0.1) is 11.8 Å². The van der Waals surface area contributed by atoms with Crippen molar-refractivity contribution in [3.8, 4) is 0 Å². The van der Waals surface area contributed by atoms with Crippen molar-refractivity contribution >= 4 is 58.1 Å². The number of alkyl halides is 3. The number of benzene rings is 2. The lowest BCUT2D eigenvalue weighted by atomic mass is 10.2. The summed E-state index contributed by atoms with van der Waals surface area (Å²) in [5.41, 5.74) is 1.02. The Labute approximate surface area is 162 Å². The predicted octanol–water partition coefficient (Wildman–Crippen LogP) is 6.60. The van der Waals surface area contributed by atoms with E-state index in [1.54, 1.807) is 31.3 Å². The molecule has 0 aliphatic heterocycles. The minimum Gasteiger partial charge on any atom is -0.373 e. The highest BCUT2D eigenvalue weighted by atomic mass is 35.5. The van der Waals surface area contributed by atoms with Crippen LogP contribution >= 0.6 is 46.6 Å². The van der Waals surface area contributed by atoms with Crippen LogP contribution in [0.25, 0.3) is 0 Å². The molecule has 1 N–H and O–H groups in total. The monoisotopic (exact) mass is 426 g/mol. The standard InChI is InChI=1S/C16H12Cl3F3N2S/c1-23-15(9-3-2-4-10(17)5-9)24-13-7-14(12(19)6-11(13)18)25-8-16(20,21)22/h2-7H,8H2,1H3,(H,23,24). The van der Waals surface area contributed by atoms with Crippen LogP contribution in [0.15, 0.2) is 46.3 Å². The molecule has 9 heteroatoms. The molecule has 0 spiro atoms. The summed E-state index contributed by atoms with van der Waals surface area (Å²) in [7, 11) is 1.67. The molecule has 2 nitrogen and oxygen atoms in total. The Bertz CT molecular complexity index is 795. The molecule has 25 heavy (non-hydrogen) atoms. The first-order valence-corrected chi connectivity index (χ1v) is 9.02. The Balaban J connectivity index is 2.40. The van der Waals surface area contributed by atoms with Crippen molar-refractivity contribution in [3.05, 3.63) is 57.0 Å². The topological polar surface area (TPSA) is 24.4 Å². The van der Waals surface area contributed by atoms with E-state index in [4.69, 9.17) is 34.8 Å². The van der Waals surface area contributed by atoms with Crippen LogP contribution in [-0.2, 0) is 0 Å². The second-order valence-electron chi connectivity index (χ2n) is 4.86. The Morgan fingerprint density at radius 1 is 1.12 bits per heavy atom. The van der Waals surface area contributed by atoms with E-state index in [0.717, 1.165) is 0 Å². The summed E-state index contributed by atoms with van der Waals surface area (Å²) in [6.07, 6.45) is -4.30. The van der Waals surface area contributed by atoms with Gasteiger partial charge in [-0.3, -0.25) is 0 Å². The lowest BCUT2D eigenvalue weighted by molar-refractivity contribution is -0.105. The molecular formula is C16H12Cl3F3N2S. The number of thioether (sulfide) groups is 1. The molecule has 0 unspecified atom stereocenters. The fraction of sp³-hybridized carbons (Fsp3) is 0.188. The molecule has 0 amide bonds. The van der Waals surface area contributed by atoms with E-state index in [9.17, 15) is 13.2 Å². The molecule has 0 aliphatic rings. The van der Waals surface area contributed by atoms with Gasteiger partial charge < -0.3 is 5.32 Å². The van der Waals surface area contributed by atoms with Crippen LogP contribution in [0.3, 0.4) is 0 Å². The number of amidine groups is 1. The zero-order valence-corrected chi connectivity index (χ0v) is 15.9. The molecule has 2 aromatic carbocycles. The van der Waals surface area contributed by atoms with Gasteiger partial charge in [0.15, 0.2) is 0 Å². The van der Waals surface area contributed by atoms with Gasteiger partial charge in [0.25, 0.3) is 0 Å². The van der Waals surface area contributed by atoms with E-state index < -0.39 is 11.9 Å². The molecule has 134 valence electrons. The molecule has 0 bridgehead atoms. The number of nitrogens with zero attached hydrogens (tertiary/aromatic N) is 1. The van der Waals surface area contributed by atoms with E-state index in [2.05, 4.69) is 10.3 Å². The quantitative estimate of drug-likeness (QED) is 0.338. The van der Waals surface area contributed by atoms with Crippen LogP contribution in [0.2, 0.25) is 15.1 Å². The first-order chi connectivity index (χ1) is 11.7. The van der Waals surface area contributed by atoms with Crippen LogP contribution in [0, 0.1) is 0 Å². The summed E-state index contributed by atoms with van der Waals surface area (Å²) in [6.45, 7) is 0. The van der Waals surface area contributed by atoms with E-state index in [0.29, 0.717) is 33.9 Å². The third-order valence-electron chi connectivity index (χ3n) is 2.96. The Morgan fingerprint density at radius 3 is 2.44 bits per heavy atom. The lowest BCUT2D eigenvalue weighted by Gasteiger charge is -2.11. The van der Waals surface area contributed by atoms with E-state index >= 15 is 0 Å². The minimum atomic E-state index is -4.30. The van der Waals surface area contributed by atoms with Crippen molar-refractivity contribution in [2.75, 3.05) is 12.8 Å². The predicted molar refractivity (Wildman–Crippen MR) is 99.9 cm³/mol. The van der Waals surface area contributed by atoms with Crippen molar-refractivity contribution in [3.63, 3.8) is 0 Å². The molecule has 2 aromatic rings. The van der Waals surface area contributed by atoms with Gasteiger partial charge in [-0.1, -0.05) is 46.9 Å². The average molecular weight is 428 g/mol. The highest BCUT2D eigenvalue weighted by Crippen LogP contribution is 2.38. The number of rotatable bonds is 4. The molecule has 0 atom stereocenters. The molecular weight excluding hydrogens is 416 g/mol. The maximum atomic E-state index is 12.4. The summed E-state index contributed by atoms with van der Waals surface area (Å²) >= 11 is 18.7. The Hall–Kier alpha value is -1.08. The first-order valence-electron chi connectivity index (χ1n) is 6.90. The molecule has 0 radical (unpaired) electrons. The zero-order valence-electron chi connectivity index (χ0n) is 12.8. The van der Waals surface area contributed by atoms with Gasteiger partial charge in [-0.2, -0.15) is 13.2 Å². The van der Waals surface area contributed by atoms with Gasteiger partial charge in [0, 0.05) is 22.5 Å². The van der Waals surface area contributed by atoms with Gasteiger partial charge in [0.1, 0.15) is 5.84 Å². The summed E-state index contributed by atoms with van der Waals surface area (Å²) in [4.78, 5) is 4.65. The lowest BCUT2D eigenvalue weighted by Crippen LogP contribution is -2.19. The fourth-order valence-corrected chi connectivity index (χ4v) is 3.39. The molecule has 0 aromatic heterocycles. The number of hydrogen-bond donors (Lipinski definition) is 1. The van der Waals surface area contributed by atoms with Gasteiger partial charge in [0.2, 0.25) is 0 Å². The van der Waals surface area contributed by atoms with Crippen molar-refractivity contribution < 1.29 is 13.2 Å². The summed E-state index contributed by atoms with van der Waals surface area (Å²) in [5, 5.41) is 3.83. The molecule has 0 aliphatic carbocycles. The van der Waals surface area contributed by atoms with E-state index in [1.165, 1.54) is 12.1 Å². The van der Waals surface area contributed by atoms with Crippen molar-refractivity contribution in [1.82, 2.24) is 5.32 Å². The number of aliphatic imine (C=N–C) groups is 1. The van der Waals surface area contributed by atoms with Gasteiger partial charge >= 0.3 is 6.18 Å². The van der Waals surface area contributed by atoms with Gasteiger partial charge in [0.05, 0.1) is 21.5 Å². The second kappa shape index (κ2) is 8.54. The highest BCUT2D eigenvalue weighted by molar-refractivity contribution is 7.99. The highest BCUT2D eigenvalue weighted by Gasteiger charge is 2.27. The second-order valence-corrected chi connectivity index (χ2v) is 7.13. The van der Waals surface area contributed by atoms with Crippen molar-refractivity contribution in [1.29, 1.82) is 0 Å². The largest absolute Gasteiger partial charge is 0.398 e. The summed E-state index contributed by atoms with van der Waals surface area (Å²) in [5.74, 6) is -0.580.